The summed E-state index contributed by atoms with van der Waals surface area (Å²) in [6.45, 7) is 8.79. The third kappa shape index (κ3) is 7.34. The third-order valence-corrected chi connectivity index (χ3v) is 4.65. The van der Waals surface area contributed by atoms with Gasteiger partial charge >= 0.3 is 0 Å². The van der Waals surface area contributed by atoms with E-state index in [2.05, 4.69) is 35.3 Å². The van der Waals surface area contributed by atoms with E-state index in [1.165, 1.54) is 18.4 Å². The Balaban J connectivity index is 1.82. The van der Waals surface area contributed by atoms with Crippen molar-refractivity contribution in [1.82, 2.24) is 10.2 Å². The normalized spacial score (nSPS) is 17.2. The van der Waals surface area contributed by atoms with Gasteiger partial charge in [0.15, 0.2) is 0 Å². The van der Waals surface area contributed by atoms with Crippen molar-refractivity contribution < 1.29 is 14.3 Å². The zero-order valence-corrected chi connectivity index (χ0v) is 16.3. The number of carbonyl (C=O) groups excluding carboxylic acids is 1. The number of para-hydroxylation sites is 1. The molecule has 5 heteroatoms. The zero-order chi connectivity index (χ0) is 18.6. The van der Waals surface area contributed by atoms with Gasteiger partial charge in [-0.25, -0.2) is 0 Å². The maximum Gasteiger partial charge on any atom is 0.221 e. The molecule has 146 valence electrons. The van der Waals surface area contributed by atoms with E-state index in [-0.39, 0.29) is 12.0 Å². The third-order valence-electron chi connectivity index (χ3n) is 4.65. The maximum absolute atomic E-state index is 12.1. The molecule has 1 aromatic carbocycles. The molecule has 0 saturated carbocycles. The second-order valence-corrected chi connectivity index (χ2v) is 6.88. The van der Waals surface area contributed by atoms with Gasteiger partial charge in [0.1, 0.15) is 11.9 Å². The highest BCUT2D eigenvalue weighted by atomic mass is 16.5. The van der Waals surface area contributed by atoms with Gasteiger partial charge in [-0.1, -0.05) is 31.5 Å². The van der Waals surface area contributed by atoms with Crippen LogP contribution >= 0.6 is 0 Å². The first-order valence-electron chi connectivity index (χ1n) is 10.0. The molecule has 0 saturated heterocycles. The molecular formula is C21H34N2O3. The summed E-state index contributed by atoms with van der Waals surface area (Å²) in [6.07, 6.45) is 4.99. The van der Waals surface area contributed by atoms with Crippen LogP contribution in [0.4, 0.5) is 0 Å². The van der Waals surface area contributed by atoms with Gasteiger partial charge in [-0.05, 0) is 32.3 Å². The highest BCUT2D eigenvalue weighted by Crippen LogP contribution is 2.26. The van der Waals surface area contributed by atoms with Gasteiger partial charge in [0.2, 0.25) is 5.91 Å². The SMILES string of the molecule is CCCCC1CN(CCC(=O)NCCCOCC)Cc2ccccc2O1. The Morgan fingerprint density at radius 1 is 1.31 bits per heavy atom. The van der Waals surface area contributed by atoms with Crippen LogP contribution in [-0.4, -0.2) is 49.8 Å². The molecule has 1 aliphatic rings. The zero-order valence-electron chi connectivity index (χ0n) is 16.3. The highest BCUT2D eigenvalue weighted by Gasteiger charge is 2.22. The predicted octanol–water partition coefficient (Wildman–Crippen LogP) is 3.37. The van der Waals surface area contributed by atoms with Gasteiger partial charge in [-0.2, -0.15) is 0 Å². The molecule has 1 heterocycles. The van der Waals surface area contributed by atoms with Crippen molar-refractivity contribution in [2.75, 3.05) is 32.8 Å². The summed E-state index contributed by atoms with van der Waals surface area (Å²) in [5.74, 6) is 1.11. The molecule has 26 heavy (non-hydrogen) atoms. The lowest BCUT2D eigenvalue weighted by Crippen LogP contribution is -2.36. The van der Waals surface area contributed by atoms with Crippen LogP contribution in [0, 0.1) is 0 Å². The van der Waals surface area contributed by atoms with Crippen molar-refractivity contribution in [3.63, 3.8) is 0 Å². The summed E-state index contributed by atoms with van der Waals surface area (Å²) in [5, 5.41) is 2.98. The topological polar surface area (TPSA) is 50.8 Å². The average molecular weight is 363 g/mol. The minimum atomic E-state index is 0.116. The summed E-state index contributed by atoms with van der Waals surface area (Å²) >= 11 is 0. The summed E-state index contributed by atoms with van der Waals surface area (Å²) in [5.41, 5.74) is 1.21. The Morgan fingerprint density at radius 2 is 2.15 bits per heavy atom. The van der Waals surface area contributed by atoms with E-state index in [9.17, 15) is 4.79 Å². The molecule has 0 aliphatic carbocycles. The lowest BCUT2D eigenvalue weighted by atomic mass is 10.1. The largest absolute Gasteiger partial charge is 0.489 e. The van der Waals surface area contributed by atoms with E-state index < -0.39 is 0 Å². The van der Waals surface area contributed by atoms with Crippen molar-refractivity contribution >= 4 is 5.91 Å². The second-order valence-electron chi connectivity index (χ2n) is 6.88. The van der Waals surface area contributed by atoms with Crippen molar-refractivity contribution in [3.8, 4) is 5.75 Å². The molecule has 0 spiro atoms. The van der Waals surface area contributed by atoms with E-state index in [4.69, 9.17) is 9.47 Å². The first-order valence-corrected chi connectivity index (χ1v) is 10.0. The molecule has 1 aromatic rings. The fourth-order valence-corrected chi connectivity index (χ4v) is 3.21. The molecule has 1 unspecified atom stereocenters. The summed E-state index contributed by atoms with van der Waals surface area (Å²) in [4.78, 5) is 14.4. The molecule has 5 nitrogen and oxygen atoms in total. The van der Waals surface area contributed by atoms with E-state index in [0.717, 1.165) is 44.8 Å². The number of benzene rings is 1. The van der Waals surface area contributed by atoms with Crippen molar-refractivity contribution in [3.05, 3.63) is 29.8 Å². The second kappa shape index (κ2) is 11.9. The molecule has 0 fully saturated rings. The van der Waals surface area contributed by atoms with E-state index in [0.29, 0.717) is 19.6 Å². The number of nitrogens with one attached hydrogen (secondary N) is 1. The molecule has 0 radical (unpaired) electrons. The predicted molar refractivity (Wildman–Crippen MR) is 104 cm³/mol. The smallest absolute Gasteiger partial charge is 0.221 e. The van der Waals surface area contributed by atoms with Crippen LogP contribution in [-0.2, 0) is 16.1 Å². The van der Waals surface area contributed by atoms with Crippen molar-refractivity contribution in [2.24, 2.45) is 0 Å². The Kier molecular flexibility index (Phi) is 9.50. The molecule has 1 aliphatic heterocycles. The number of unbranched alkanes of at least 4 members (excludes halogenated alkanes) is 1. The Labute approximate surface area is 158 Å². The lowest BCUT2D eigenvalue weighted by molar-refractivity contribution is -0.121. The number of amides is 1. The van der Waals surface area contributed by atoms with Crippen LogP contribution in [0.5, 0.6) is 5.75 Å². The maximum atomic E-state index is 12.1. The number of hydrogen-bond acceptors (Lipinski definition) is 4. The Bertz CT molecular complexity index is 536. The van der Waals surface area contributed by atoms with Crippen LogP contribution in [0.15, 0.2) is 24.3 Å². The minimum Gasteiger partial charge on any atom is -0.489 e. The molecule has 1 amide bonds. The lowest BCUT2D eigenvalue weighted by Gasteiger charge is -2.23. The fourth-order valence-electron chi connectivity index (χ4n) is 3.21. The Hall–Kier alpha value is -1.59. The van der Waals surface area contributed by atoms with Crippen LogP contribution in [0.2, 0.25) is 0 Å². The Morgan fingerprint density at radius 3 is 2.96 bits per heavy atom. The van der Waals surface area contributed by atoms with Gasteiger partial charge < -0.3 is 14.8 Å². The molecule has 1 atom stereocenters. The van der Waals surface area contributed by atoms with Crippen LogP contribution in [0.3, 0.4) is 0 Å². The van der Waals surface area contributed by atoms with E-state index in [1.54, 1.807) is 0 Å². The summed E-state index contributed by atoms with van der Waals surface area (Å²) in [7, 11) is 0. The monoisotopic (exact) mass is 362 g/mol. The molecule has 0 bridgehead atoms. The summed E-state index contributed by atoms with van der Waals surface area (Å²) < 4.78 is 11.5. The molecular weight excluding hydrogens is 328 g/mol. The quantitative estimate of drug-likeness (QED) is 0.613. The van der Waals surface area contributed by atoms with Crippen LogP contribution in [0.1, 0.15) is 51.5 Å². The van der Waals surface area contributed by atoms with Crippen molar-refractivity contribution in [1.29, 1.82) is 0 Å². The number of ether oxygens (including phenoxy) is 2. The van der Waals surface area contributed by atoms with Crippen molar-refractivity contribution in [2.45, 2.75) is 58.6 Å². The number of hydrogen-bond donors (Lipinski definition) is 1. The fraction of sp³-hybridized carbons (Fsp3) is 0.667. The number of carbonyl (C=O) groups is 1. The number of fused-ring (bicyclic) bond motifs is 1. The minimum absolute atomic E-state index is 0.116. The van der Waals surface area contributed by atoms with E-state index >= 15 is 0 Å². The highest BCUT2D eigenvalue weighted by molar-refractivity contribution is 5.76. The first kappa shape index (κ1) is 20.7. The van der Waals surface area contributed by atoms with Gasteiger partial charge in [0.05, 0.1) is 0 Å². The molecule has 1 N–H and O–H groups in total. The van der Waals surface area contributed by atoms with E-state index in [1.807, 2.05) is 13.0 Å². The summed E-state index contributed by atoms with van der Waals surface area (Å²) in [6, 6.07) is 8.26. The van der Waals surface area contributed by atoms with Gasteiger partial charge in [0.25, 0.3) is 0 Å². The number of nitrogens with zero attached hydrogens (tertiary/aromatic N) is 1. The van der Waals surface area contributed by atoms with Gasteiger partial charge in [0, 0.05) is 51.4 Å². The van der Waals surface area contributed by atoms with Gasteiger partial charge in [-0.15, -0.1) is 0 Å². The molecule has 0 aromatic heterocycles. The van der Waals surface area contributed by atoms with Gasteiger partial charge in [-0.3, -0.25) is 9.69 Å². The average Bonchev–Trinajstić information content (AvgIpc) is 2.83. The van der Waals surface area contributed by atoms with Crippen LogP contribution in [0.25, 0.3) is 0 Å². The van der Waals surface area contributed by atoms with Crippen LogP contribution < -0.4 is 10.1 Å². The standard InChI is InChI=1S/C21H34N2O3/c1-3-5-10-19-17-23(16-18-9-6-7-11-20(18)26-19)14-12-21(24)22-13-8-15-25-4-2/h6-7,9,11,19H,3-5,8,10,12-17H2,1-2H3,(H,22,24). The number of rotatable bonds is 11. The first-order chi connectivity index (χ1) is 12.7. The molecule has 2 rings (SSSR count).